The van der Waals surface area contributed by atoms with Gasteiger partial charge in [-0.25, -0.2) is 14.1 Å². The molecule has 242 valence electrons. The maximum atomic E-state index is 14.2. The normalized spacial score (nSPS) is 18.9. The molecular formula is C35H32FN3O6S2. The predicted octanol–water partition coefficient (Wildman–Crippen LogP) is 5.96. The quantitative estimate of drug-likeness (QED) is 0.190. The lowest BCUT2D eigenvalue weighted by Crippen LogP contribution is -2.33. The molecule has 9 nitrogen and oxygen atoms in total. The standard InChI is InChI=1S/C35H32FN3O6S2/c1-5-45-33(43)20-8-16-24(17-9-20)39-30(41)27-26(19-6-10-21(11-7-19)35(2,3)4)29-32(46-28(27)31(39)42)38(34(44)47-29)18-25(40)37-23-14-12-22(36)13-15-23/h6-17,26-28H,5,18H2,1-4H3,(H,37,40). The molecule has 3 heterocycles. The van der Waals surface area contributed by atoms with Crippen LogP contribution in [0.15, 0.2) is 82.6 Å². The Bertz CT molecular complexity index is 1930. The van der Waals surface area contributed by atoms with Crippen LogP contribution < -0.4 is 15.1 Å². The van der Waals surface area contributed by atoms with Crippen molar-refractivity contribution in [1.82, 2.24) is 4.57 Å². The van der Waals surface area contributed by atoms with Gasteiger partial charge < -0.3 is 10.1 Å². The molecule has 3 unspecified atom stereocenters. The van der Waals surface area contributed by atoms with E-state index in [2.05, 4.69) is 26.1 Å². The van der Waals surface area contributed by atoms with Crippen molar-refractivity contribution in [2.45, 2.75) is 55.8 Å². The average molecular weight is 674 g/mol. The monoisotopic (exact) mass is 673 g/mol. The van der Waals surface area contributed by atoms with Gasteiger partial charge in [-0.05, 0) is 72.0 Å². The fourth-order valence-electron chi connectivity index (χ4n) is 5.90. The van der Waals surface area contributed by atoms with Gasteiger partial charge in [0.25, 0.3) is 0 Å². The Morgan fingerprint density at radius 2 is 1.57 bits per heavy atom. The number of hydrogen-bond donors (Lipinski definition) is 1. The Hall–Kier alpha value is -4.55. The van der Waals surface area contributed by atoms with E-state index in [0.29, 0.717) is 26.8 Å². The Morgan fingerprint density at radius 1 is 0.915 bits per heavy atom. The van der Waals surface area contributed by atoms with Crippen LogP contribution in [0.5, 0.6) is 0 Å². The minimum atomic E-state index is -0.868. The van der Waals surface area contributed by atoms with E-state index in [1.165, 1.54) is 41.0 Å². The number of rotatable bonds is 7. The van der Waals surface area contributed by atoms with Crippen LogP contribution in [0.2, 0.25) is 0 Å². The highest BCUT2D eigenvalue weighted by Crippen LogP contribution is 2.54. The maximum Gasteiger partial charge on any atom is 0.338 e. The molecule has 0 spiro atoms. The molecule has 6 rings (SSSR count). The van der Waals surface area contributed by atoms with E-state index in [1.54, 1.807) is 19.1 Å². The van der Waals surface area contributed by atoms with Crippen molar-refractivity contribution in [3.8, 4) is 0 Å². The molecule has 0 aliphatic carbocycles. The summed E-state index contributed by atoms with van der Waals surface area (Å²) in [5.74, 6) is -3.74. The number of imide groups is 1. The molecule has 4 aromatic rings. The predicted molar refractivity (Wildman–Crippen MR) is 179 cm³/mol. The van der Waals surface area contributed by atoms with Crippen molar-refractivity contribution in [2.75, 3.05) is 16.8 Å². The van der Waals surface area contributed by atoms with Crippen LogP contribution in [0, 0.1) is 11.7 Å². The van der Waals surface area contributed by atoms with Gasteiger partial charge >= 0.3 is 10.8 Å². The van der Waals surface area contributed by atoms with E-state index in [4.69, 9.17) is 4.74 Å². The van der Waals surface area contributed by atoms with E-state index in [-0.39, 0.29) is 23.4 Å². The van der Waals surface area contributed by atoms with Crippen LogP contribution in [-0.4, -0.2) is 40.1 Å². The van der Waals surface area contributed by atoms with Gasteiger partial charge in [0.2, 0.25) is 17.7 Å². The SMILES string of the molecule is CCOC(=O)c1ccc(N2C(=O)C3Sc4c(sc(=O)n4CC(=O)Nc4ccc(F)cc4)C(c4ccc(C(C)(C)C)cc4)C3C2=O)cc1. The third-order valence-electron chi connectivity index (χ3n) is 8.25. The van der Waals surface area contributed by atoms with Crippen LogP contribution in [-0.2, 0) is 31.1 Å². The van der Waals surface area contributed by atoms with Crippen LogP contribution in [0.25, 0.3) is 0 Å². The number of nitrogens with one attached hydrogen (secondary N) is 1. The number of halogens is 1. The second kappa shape index (κ2) is 12.6. The molecule has 3 atom stereocenters. The van der Waals surface area contributed by atoms with Crippen molar-refractivity contribution in [3.63, 3.8) is 0 Å². The minimum absolute atomic E-state index is 0.119. The number of amides is 3. The number of ether oxygens (including phenoxy) is 1. The summed E-state index contributed by atoms with van der Waals surface area (Å²) >= 11 is 2.08. The molecule has 47 heavy (non-hydrogen) atoms. The number of anilines is 2. The first kappa shape index (κ1) is 32.4. The number of esters is 1. The van der Waals surface area contributed by atoms with Gasteiger partial charge in [0, 0.05) is 16.5 Å². The molecule has 3 aromatic carbocycles. The third-order valence-corrected chi connectivity index (χ3v) is 10.9. The van der Waals surface area contributed by atoms with Crippen molar-refractivity contribution < 1.29 is 28.3 Å². The number of aromatic nitrogens is 1. The van der Waals surface area contributed by atoms with Gasteiger partial charge in [-0.3, -0.25) is 23.7 Å². The summed E-state index contributed by atoms with van der Waals surface area (Å²) in [6.07, 6.45) is 0. The largest absolute Gasteiger partial charge is 0.462 e. The first-order chi connectivity index (χ1) is 22.4. The number of thiazole rings is 1. The zero-order valence-electron chi connectivity index (χ0n) is 26.1. The number of thioether (sulfide) groups is 1. The second-order valence-corrected chi connectivity index (χ2v) is 14.5. The smallest absolute Gasteiger partial charge is 0.338 e. The highest BCUT2D eigenvalue weighted by molar-refractivity contribution is 8.00. The lowest BCUT2D eigenvalue weighted by Gasteiger charge is -2.31. The fourth-order valence-corrected chi connectivity index (χ4v) is 8.67. The molecule has 1 fully saturated rings. The average Bonchev–Trinajstić information content (AvgIpc) is 3.48. The molecule has 0 bridgehead atoms. The summed E-state index contributed by atoms with van der Waals surface area (Å²) in [6, 6.07) is 19.3. The van der Waals surface area contributed by atoms with Crippen molar-refractivity contribution in [3.05, 3.63) is 110 Å². The molecule has 1 aromatic heterocycles. The maximum absolute atomic E-state index is 14.2. The third kappa shape index (κ3) is 6.15. The van der Waals surface area contributed by atoms with Gasteiger partial charge in [-0.2, -0.15) is 0 Å². The van der Waals surface area contributed by atoms with Crippen molar-refractivity contribution in [2.24, 2.45) is 5.92 Å². The van der Waals surface area contributed by atoms with Gasteiger partial charge in [-0.15, -0.1) is 0 Å². The number of benzene rings is 3. The van der Waals surface area contributed by atoms with Gasteiger partial charge in [0.1, 0.15) is 17.6 Å². The van der Waals surface area contributed by atoms with Crippen LogP contribution in [0.3, 0.4) is 0 Å². The molecule has 1 saturated heterocycles. The Kier molecular flexibility index (Phi) is 8.66. The minimum Gasteiger partial charge on any atom is -0.462 e. The molecule has 2 aliphatic rings. The molecule has 0 radical (unpaired) electrons. The molecule has 3 amide bonds. The van der Waals surface area contributed by atoms with E-state index < -0.39 is 46.6 Å². The van der Waals surface area contributed by atoms with Gasteiger partial charge in [-0.1, -0.05) is 68.1 Å². The van der Waals surface area contributed by atoms with Crippen molar-refractivity contribution in [1.29, 1.82) is 0 Å². The zero-order chi connectivity index (χ0) is 33.6. The summed E-state index contributed by atoms with van der Waals surface area (Å²) in [5.41, 5.74) is 2.74. The van der Waals surface area contributed by atoms with E-state index in [1.807, 2.05) is 24.3 Å². The summed E-state index contributed by atoms with van der Waals surface area (Å²) in [5, 5.41) is 2.27. The van der Waals surface area contributed by atoms with Crippen LogP contribution in [0.1, 0.15) is 60.0 Å². The first-order valence-corrected chi connectivity index (χ1v) is 16.8. The molecular weight excluding hydrogens is 642 g/mol. The van der Waals surface area contributed by atoms with Crippen LogP contribution >= 0.6 is 23.1 Å². The number of hydrogen-bond acceptors (Lipinski definition) is 8. The summed E-state index contributed by atoms with van der Waals surface area (Å²) in [4.78, 5) is 68.3. The highest BCUT2D eigenvalue weighted by Gasteiger charge is 2.56. The topological polar surface area (TPSA) is 115 Å². The Morgan fingerprint density at radius 3 is 2.19 bits per heavy atom. The summed E-state index contributed by atoms with van der Waals surface area (Å²) in [7, 11) is 0. The van der Waals surface area contributed by atoms with Gasteiger partial charge in [0.05, 0.1) is 28.8 Å². The van der Waals surface area contributed by atoms with Crippen LogP contribution in [0.4, 0.5) is 15.8 Å². The lowest BCUT2D eigenvalue weighted by molar-refractivity contribution is -0.122. The van der Waals surface area contributed by atoms with E-state index in [0.717, 1.165) is 39.1 Å². The van der Waals surface area contributed by atoms with Crippen molar-refractivity contribution >= 4 is 58.2 Å². The molecule has 12 heteroatoms. The van der Waals surface area contributed by atoms with Gasteiger partial charge in [0.15, 0.2) is 0 Å². The molecule has 2 aliphatic heterocycles. The lowest BCUT2D eigenvalue weighted by atomic mass is 9.81. The number of nitrogens with zero attached hydrogens (tertiary/aromatic N) is 2. The number of carbonyl (C=O) groups is 4. The number of carbonyl (C=O) groups excluding carboxylic acids is 4. The summed E-state index contributed by atoms with van der Waals surface area (Å²) < 4.78 is 19.8. The second-order valence-electron chi connectivity index (χ2n) is 12.4. The molecule has 1 N–H and O–H groups in total. The fraction of sp³-hybridized carbons (Fsp3) is 0.286. The Labute approximate surface area is 278 Å². The van der Waals surface area contributed by atoms with E-state index in [9.17, 15) is 28.4 Å². The Balaban J connectivity index is 1.39. The van der Waals surface area contributed by atoms with E-state index >= 15 is 0 Å². The highest BCUT2D eigenvalue weighted by atomic mass is 32.2. The zero-order valence-corrected chi connectivity index (χ0v) is 27.7. The summed E-state index contributed by atoms with van der Waals surface area (Å²) in [6.45, 7) is 7.88. The molecule has 0 saturated carbocycles. The number of fused-ring (bicyclic) bond motifs is 2. The first-order valence-electron chi connectivity index (χ1n) is 15.1.